The van der Waals surface area contributed by atoms with Gasteiger partial charge in [-0.2, -0.15) is 0 Å². The molecule has 132 valence electrons. The second kappa shape index (κ2) is 7.94. The maximum atomic E-state index is 12.8. The molecule has 2 aliphatic heterocycles. The normalized spacial score (nSPS) is 24.9. The van der Waals surface area contributed by atoms with Crippen LogP contribution in [0.2, 0.25) is 0 Å². The van der Waals surface area contributed by atoms with E-state index in [1.807, 2.05) is 11.0 Å². The maximum absolute atomic E-state index is 12.8. The Bertz CT molecular complexity index is 564. The molecular formula is C18H27N3O3. The molecule has 24 heavy (non-hydrogen) atoms. The molecule has 1 amide bonds. The number of carbonyl (C=O) groups excluding carboxylic acids is 1. The highest BCUT2D eigenvalue weighted by molar-refractivity contribution is 5.95. The zero-order valence-electron chi connectivity index (χ0n) is 14.6. The minimum atomic E-state index is -0.0453. The van der Waals surface area contributed by atoms with Crippen molar-refractivity contribution >= 4 is 11.7 Å². The summed E-state index contributed by atoms with van der Waals surface area (Å²) < 4.78 is 10.8. The molecular weight excluding hydrogens is 306 g/mol. The summed E-state index contributed by atoms with van der Waals surface area (Å²) in [4.78, 5) is 21.5. The number of rotatable bonds is 4. The fourth-order valence-electron chi connectivity index (χ4n) is 3.52. The van der Waals surface area contributed by atoms with Gasteiger partial charge >= 0.3 is 0 Å². The fourth-order valence-corrected chi connectivity index (χ4v) is 3.52. The Kier molecular flexibility index (Phi) is 5.68. The Morgan fingerprint density at radius 3 is 3.08 bits per heavy atom. The van der Waals surface area contributed by atoms with Crippen LogP contribution < -0.4 is 4.90 Å². The Labute approximate surface area is 143 Å². The first-order valence-corrected chi connectivity index (χ1v) is 8.81. The van der Waals surface area contributed by atoms with Gasteiger partial charge in [-0.25, -0.2) is 4.98 Å². The number of hydrogen-bond acceptors (Lipinski definition) is 5. The first-order chi connectivity index (χ1) is 11.7. The molecule has 2 aliphatic rings. The molecule has 2 unspecified atom stereocenters. The molecule has 1 aromatic rings. The molecule has 0 spiro atoms. The van der Waals surface area contributed by atoms with Crippen molar-refractivity contribution in [1.29, 1.82) is 0 Å². The third-order valence-corrected chi connectivity index (χ3v) is 4.87. The largest absolute Gasteiger partial charge is 0.382 e. The van der Waals surface area contributed by atoms with Gasteiger partial charge < -0.3 is 19.3 Å². The lowest BCUT2D eigenvalue weighted by Gasteiger charge is -2.35. The number of anilines is 1. The van der Waals surface area contributed by atoms with Crippen LogP contribution in [0.25, 0.3) is 0 Å². The van der Waals surface area contributed by atoms with Gasteiger partial charge in [-0.1, -0.05) is 0 Å². The number of aromatic nitrogens is 1. The van der Waals surface area contributed by atoms with Gasteiger partial charge in [-0.05, 0) is 38.3 Å². The number of ether oxygens (including phenoxy) is 2. The number of morpholine rings is 1. The third-order valence-electron chi connectivity index (χ3n) is 4.87. The van der Waals surface area contributed by atoms with Crippen LogP contribution in [0.5, 0.6) is 0 Å². The number of piperidine rings is 1. The van der Waals surface area contributed by atoms with Crippen LogP contribution in [0.4, 0.5) is 5.82 Å². The number of pyridine rings is 1. The molecule has 3 rings (SSSR count). The van der Waals surface area contributed by atoms with Crippen molar-refractivity contribution in [2.24, 2.45) is 0 Å². The second-order valence-corrected chi connectivity index (χ2v) is 6.64. The van der Waals surface area contributed by atoms with Crippen molar-refractivity contribution in [3.8, 4) is 0 Å². The third kappa shape index (κ3) is 3.87. The summed E-state index contributed by atoms with van der Waals surface area (Å²) in [5, 5.41) is 0. The minimum Gasteiger partial charge on any atom is -0.382 e. The minimum absolute atomic E-state index is 0.0453. The van der Waals surface area contributed by atoms with Crippen LogP contribution in [0.1, 0.15) is 36.5 Å². The quantitative estimate of drug-likeness (QED) is 0.843. The van der Waals surface area contributed by atoms with E-state index in [2.05, 4.69) is 16.8 Å². The van der Waals surface area contributed by atoms with Gasteiger partial charge in [0.1, 0.15) is 5.82 Å². The van der Waals surface area contributed by atoms with Crippen molar-refractivity contribution < 1.29 is 14.3 Å². The van der Waals surface area contributed by atoms with E-state index in [1.54, 1.807) is 19.4 Å². The summed E-state index contributed by atoms with van der Waals surface area (Å²) in [5.74, 6) is 0.961. The molecule has 2 atom stereocenters. The number of carbonyl (C=O) groups is 1. The van der Waals surface area contributed by atoms with Gasteiger partial charge in [0.05, 0.1) is 19.3 Å². The molecule has 2 saturated heterocycles. The van der Waals surface area contributed by atoms with E-state index in [0.717, 1.165) is 12.4 Å². The van der Waals surface area contributed by atoms with Crippen molar-refractivity contribution in [2.45, 2.75) is 38.3 Å². The average Bonchev–Trinajstić information content (AvgIpc) is 2.62. The molecule has 2 fully saturated rings. The summed E-state index contributed by atoms with van der Waals surface area (Å²) in [7, 11) is 1.65. The Balaban J connectivity index is 1.72. The average molecular weight is 333 g/mol. The lowest BCUT2D eigenvalue weighted by atomic mass is 10.0. The molecule has 0 radical (unpaired) electrons. The summed E-state index contributed by atoms with van der Waals surface area (Å²) in [6, 6.07) is 4.22. The van der Waals surface area contributed by atoms with Crippen molar-refractivity contribution in [3.05, 3.63) is 23.9 Å². The molecule has 0 aromatic carbocycles. The lowest BCUT2D eigenvalue weighted by Crippen LogP contribution is -2.47. The number of hydrogen-bond donors (Lipinski definition) is 0. The molecule has 6 heteroatoms. The van der Waals surface area contributed by atoms with Gasteiger partial charge in [0, 0.05) is 44.5 Å². The highest BCUT2D eigenvalue weighted by Gasteiger charge is 2.26. The van der Waals surface area contributed by atoms with E-state index in [4.69, 9.17) is 9.47 Å². The molecule has 0 N–H and O–H groups in total. The fraction of sp³-hybridized carbons (Fsp3) is 0.667. The highest BCUT2D eigenvalue weighted by Crippen LogP contribution is 2.24. The van der Waals surface area contributed by atoms with Crippen LogP contribution in [0.3, 0.4) is 0 Å². The summed E-state index contributed by atoms with van der Waals surface area (Å²) in [6.07, 6.45) is 5.34. The first-order valence-electron chi connectivity index (χ1n) is 8.81. The lowest BCUT2D eigenvalue weighted by molar-refractivity contribution is -0.0531. The SMILES string of the molecule is COCC1CN(C(=O)c2ccnc(N3CCCCC3C)c2)CCO1. The summed E-state index contributed by atoms with van der Waals surface area (Å²) in [6.45, 7) is 5.50. The molecule has 0 aliphatic carbocycles. The van der Waals surface area contributed by atoms with Crippen LogP contribution in [0, 0.1) is 0 Å². The molecule has 0 bridgehead atoms. The monoisotopic (exact) mass is 333 g/mol. The van der Waals surface area contributed by atoms with Crippen molar-refractivity contribution in [1.82, 2.24) is 9.88 Å². The van der Waals surface area contributed by atoms with Gasteiger partial charge in [-0.3, -0.25) is 4.79 Å². The summed E-state index contributed by atoms with van der Waals surface area (Å²) >= 11 is 0. The van der Waals surface area contributed by atoms with E-state index >= 15 is 0 Å². The van der Waals surface area contributed by atoms with E-state index in [-0.39, 0.29) is 12.0 Å². The Hall–Kier alpha value is -1.66. The van der Waals surface area contributed by atoms with Gasteiger partial charge in [0.25, 0.3) is 5.91 Å². The van der Waals surface area contributed by atoms with Gasteiger partial charge in [0.15, 0.2) is 0 Å². The second-order valence-electron chi connectivity index (χ2n) is 6.64. The highest BCUT2D eigenvalue weighted by atomic mass is 16.5. The number of amides is 1. The Morgan fingerprint density at radius 2 is 2.29 bits per heavy atom. The first kappa shape index (κ1) is 17.2. The standard InChI is InChI=1S/C18H27N3O3/c1-14-5-3-4-8-21(14)17-11-15(6-7-19-17)18(22)20-9-10-24-16(12-20)13-23-2/h6-7,11,14,16H,3-5,8-10,12-13H2,1-2H3. The van der Waals surface area contributed by atoms with Crippen LogP contribution in [0.15, 0.2) is 18.3 Å². The number of methoxy groups -OCH3 is 1. The predicted molar refractivity (Wildman–Crippen MR) is 92.4 cm³/mol. The smallest absolute Gasteiger partial charge is 0.254 e. The van der Waals surface area contributed by atoms with Gasteiger partial charge in [0.2, 0.25) is 0 Å². The topological polar surface area (TPSA) is 54.9 Å². The number of nitrogens with zero attached hydrogens (tertiary/aromatic N) is 3. The zero-order valence-corrected chi connectivity index (χ0v) is 14.6. The van der Waals surface area contributed by atoms with Crippen molar-refractivity contribution in [2.75, 3.05) is 44.9 Å². The molecule has 3 heterocycles. The Morgan fingerprint density at radius 1 is 1.42 bits per heavy atom. The van der Waals surface area contributed by atoms with Crippen molar-refractivity contribution in [3.63, 3.8) is 0 Å². The van der Waals surface area contributed by atoms with E-state index in [1.165, 1.54) is 19.3 Å². The molecule has 6 nitrogen and oxygen atoms in total. The molecule has 1 aromatic heterocycles. The van der Waals surface area contributed by atoms with Crippen LogP contribution in [-0.2, 0) is 9.47 Å². The van der Waals surface area contributed by atoms with E-state index < -0.39 is 0 Å². The molecule has 0 saturated carbocycles. The maximum Gasteiger partial charge on any atom is 0.254 e. The predicted octanol–water partition coefficient (Wildman–Crippen LogP) is 1.95. The summed E-state index contributed by atoms with van der Waals surface area (Å²) in [5.41, 5.74) is 0.704. The van der Waals surface area contributed by atoms with Crippen LogP contribution >= 0.6 is 0 Å². The van der Waals surface area contributed by atoms with Gasteiger partial charge in [-0.15, -0.1) is 0 Å². The van der Waals surface area contributed by atoms with E-state index in [0.29, 0.717) is 37.9 Å². The van der Waals surface area contributed by atoms with E-state index in [9.17, 15) is 4.79 Å². The van der Waals surface area contributed by atoms with Crippen LogP contribution in [-0.4, -0.2) is 67.9 Å². The zero-order chi connectivity index (χ0) is 16.9.